The van der Waals surface area contributed by atoms with Gasteiger partial charge in [0.15, 0.2) is 0 Å². The number of halogens is 1. The predicted octanol–water partition coefficient (Wildman–Crippen LogP) is 3.81. The van der Waals surface area contributed by atoms with Crippen molar-refractivity contribution in [2.24, 2.45) is 0 Å². The van der Waals surface area contributed by atoms with Gasteiger partial charge in [0.2, 0.25) is 15.0 Å². The van der Waals surface area contributed by atoms with E-state index in [4.69, 9.17) is 0 Å². The van der Waals surface area contributed by atoms with E-state index in [0.29, 0.717) is 30.2 Å². The minimum absolute atomic E-state index is 0.127. The predicted molar refractivity (Wildman–Crippen MR) is 116 cm³/mol. The summed E-state index contributed by atoms with van der Waals surface area (Å²) in [5.41, 5.74) is 1.34. The number of nitrogens with one attached hydrogen (secondary N) is 1. The van der Waals surface area contributed by atoms with E-state index in [1.807, 2.05) is 13.0 Å². The Balaban J connectivity index is 1.47. The molecule has 0 spiro atoms. The third kappa shape index (κ3) is 4.81. The Morgan fingerprint density at radius 3 is 2.71 bits per heavy atom. The van der Waals surface area contributed by atoms with Gasteiger partial charge in [0.05, 0.1) is 4.90 Å². The van der Waals surface area contributed by atoms with Crippen LogP contribution in [-0.2, 0) is 10.0 Å². The van der Waals surface area contributed by atoms with Crippen molar-refractivity contribution in [1.82, 2.24) is 14.5 Å². The molecular weight excluding hydrogens is 439 g/mol. The molecule has 1 amide bonds. The van der Waals surface area contributed by atoms with Gasteiger partial charge in [0.25, 0.3) is 5.91 Å². The van der Waals surface area contributed by atoms with Gasteiger partial charge >= 0.3 is 0 Å². The van der Waals surface area contributed by atoms with E-state index in [2.05, 4.69) is 15.5 Å². The first kappa shape index (κ1) is 21.5. The molecule has 1 aromatic heterocycles. The molecule has 10 heteroatoms. The standard InChI is InChI=1S/C21H21FN4O3S2/c1-14-4-2-6-18(12-14)31(28,29)26-11-3-5-15(13-26)20-24-25-21(30-20)19(27)23-17-9-7-16(22)8-10-17/h2,4,6-10,12,15H,3,5,11,13H2,1H3,(H,23,27)/t15-/m0/s1. The number of aryl methyl sites for hydroxylation is 1. The molecule has 1 atom stereocenters. The van der Waals surface area contributed by atoms with Crippen molar-refractivity contribution in [2.45, 2.75) is 30.6 Å². The van der Waals surface area contributed by atoms with Crippen molar-refractivity contribution in [3.05, 3.63) is 69.9 Å². The second kappa shape index (κ2) is 8.81. The molecule has 1 N–H and O–H groups in total. The first-order valence-electron chi connectivity index (χ1n) is 9.80. The van der Waals surface area contributed by atoms with Gasteiger partial charge < -0.3 is 5.32 Å². The van der Waals surface area contributed by atoms with E-state index >= 15 is 0 Å². The van der Waals surface area contributed by atoms with E-state index in [0.717, 1.165) is 23.3 Å². The largest absolute Gasteiger partial charge is 0.320 e. The highest BCUT2D eigenvalue weighted by Crippen LogP contribution is 2.32. The highest BCUT2D eigenvalue weighted by Gasteiger charge is 2.32. The zero-order valence-electron chi connectivity index (χ0n) is 16.8. The summed E-state index contributed by atoms with van der Waals surface area (Å²) >= 11 is 1.15. The fourth-order valence-corrected chi connectivity index (χ4v) is 5.99. The third-order valence-electron chi connectivity index (χ3n) is 5.10. The van der Waals surface area contributed by atoms with Crippen molar-refractivity contribution in [3.63, 3.8) is 0 Å². The first-order valence-corrected chi connectivity index (χ1v) is 12.1. The minimum atomic E-state index is -3.60. The number of sulfonamides is 1. The van der Waals surface area contributed by atoms with Crippen LogP contribution in [0.3, 0.4) is 0 Å². The van der Waals surface area contributed by atoms with E-state index in [1.165, 1.54) is 28.6 Å². The Kier molecular flexibility index (Phi) is 6.12. The second-order valence-electron chi connectivity index (χ2n) is 7.43. The topological polar surface area (TPSA) is 92.3 Å². The molecule has 4 rings (SSSR count). The van der Waals surface area contributed by atoms with Crippen LogP contribution in [0.25, 0.3) is 0 Å². The molecule has 0 radical (unpaired) electrons. The molecule has 0 saturated carbocycles. The van der Waals surface area contributed by atoms with Gasteiger partial charge in [0, 0.05) is 24.7 Å². The summed E-state index contributed by atoms with van der Waals surface area (Å²) in [5, 5.41) is 11.6. The maximum atomic E-state index is 13.1. The van der Waals surface area contributed by atoms with Gasteiger partial charge in [-0.2, -0.15) is 4.31 Å². The smallest absolute Gasteiger partial charge is 0.286 e. The molecular formula is C21H21FN4O3S2. The quantitative estimate of drug-likeness (QED) is 0.625. The SMILES string of the molecule is Cc1cccc(S(=O)(=O)N2CCC[C@H](c3nnc(C(=O)Nc4ccc(F)cc4)s3)C2)c1. The third-order valence-corrected chi connectivity index (χ3v) is 8.04. The lowest BCUT2D eigenvalue weighted by Gasteiger charge is -2.30. The second-order valence-corrected chi connectivity index (χ2v) is 10.4. The summed E-state index contributed by atoms with van der Waals surface area (Å²) < 4.78 is 40.6. The Morgan fingerprint density at radius 2 is 1.97 bits per heavy atom. The molecule has 162 valence electrons. The van der Waals surface area contributed by atoms with Crippen molar-refractivity contribution in [1.29, 1.82) is 0 Å². The molecule has 31 heavy (non-hydrogen) atoms. The number of amides is 1. The van der Waals surface area contributed by atoms with Crippen LogP contribution in [-0.4, -0.2) is 41.9 Å². The number of nitrogens with zero attached hydrogens (tertiary/aromatic N) is 3. The van der Waals surface area contributed by atoms with E-state index in [-0.39, 0.29) is 15.8 Å². The lowest BCUT2D eigenvalue weighted by molar-refractivity contribution is 0.102. The Bertz CT molecular complexity index is 1200. The number of anilines is 1. The summed E-state index contributed by atoms with van der Waals surface area (Å²) in [6.45, 7) is 2.60. The first-order chi connectivity index (χ1) is 14.8. The van der Waals surface area contributed by atoms with Crippen LogP contribution in [0.5, 0.6) is 0 Å². The molecule has 1 aliphatic heterocycles. The molecule has 3 aromatic rings. The van der Waals surface area contributed by atoms with E-state index in [9.17, 15) is 17.6 Å². The van der Waals surface area contributed by atoms with Crippen molar-refractivity contribution in [3.8, 4) is 0 Å². The maximum Gasteiger partial charge on any atom is 0.286 e. The summed E-state index contributed by atoms with van der Waals surface area (Å²) in [7, 11) is -3.60. The summed E-state index contributed by atoms with van der Waals surface area (Å²) in [5.74, 6) is -0.952. The fourth-order valence-electron chi connectivity index (χ4n) is 3.50. The molecule has 1 saturated heterocycles. The van der Waals surface area contributed by atoms with Crippen LogP contribution >= 0.6 is 11.3 Å². The lowest BCUT2D eigenvalue weighted by Crippen LogP contribution is -2.39. The molecule has 1 fully saturated rings. The summed E-state index contributed by atoms with van der Waals surface area (Å²) in [6, 6.07) is 12.3. The average molecular weight is 461 g/mol. The van der Waals surface area contributed by atoms with Gasteiger partial charge in [-0.15, -0.1) is 10.2 Å². The van der Waals surface area contributed by atoms with E-state index < -0.39 is 21.7 Å². The molecule has 0 aliphatic carbocycles. The number of carbonyl (C=O) groups excluding carboxylic acids is 1. The zero-order chi connectivity index (χ0) is 22.0. The zero-order valence-corrected chi connectivity index (χ0v) is 18.4. The Hall–Kier alpha value is -2.69. The van der Waals surface area contributed by atoms with Crippen LogP contribution < -0.4 is 5.32 Å². The van der Waals surface area contributed by atoms with Crippen LogP contribution in [0.15, 0.2) is 53.4 Å². The molecule has 0 unspecified atom stereocenters. The van der Waals surface area contributed by atoms with Gasteiger partial charge in [0.1, 0.15) is 10.8 Å². The van der Waals surface area contributed by atoms with Crippen molar-refractivity contribution in [2.75, 3.05) is 18.4 Å². The van der Waals surface area contributed by atoms with E-state index in [1.54, 1.807) is 18.2 Å². The maximum absolute atomic E-state index is 13.1. The Labute approximate surface area is 184 Å². The number of hydrogen-bond acceptors (Lipinski definition) is 6. The lowest BCUT2D eigenvalue weighted by atomic mass is 10.0. The minimum Gasteiger partial charge on any atom is -0.320 e. The van der Waals surface area contributed by atoms with Crippen molar-refractivity contribution < 1.29 is 17.6 Å². The number of benzene rings is 2. The van der Waals surface area contributed by atoms with Crippen molar-refractivity contribution >= 4 is 33.0 Å². The number of piperidine rings is 1. The number of aromatic nitrogens is 2. The highest BCUT2D eigenvalue weighted by atomic mass is 32.2. The number of rotatable bonds is 5. The number of hydrogen-bond donors (Lipinski definition) is 1. The monoisotopic (exact) mass is 460 g/mol. The molecule has 2 heterocycles. The van der Waals surface area contributed by atoms with Gasteiger partial charge in [-0.25, -0.2) is 12.8 Å². The Morgan fingerprint density at radius 1 is 1.19 bits per heavy atom. The highest BCUT2D eigenvalue weighted by molar-refractivity contribution is 7.89. The number of carbonyl (C=O) groups is 1. The van der Waals surface area contributed by atoms with Gasteiger partial charge in [-0.05, 0) is 61.7 Å². The van der Waals surface area contributed by atoms with Crippen LogP contribution in [0, 0.1) is 12.7 Å². The van der Waals surface area contributed by atoms with Gasteiger partial charge in [-0.1, -0.05) is 23.5 Å². The van der Waals surface area contributed by atoms with Crippen LogP contribution in [0.1, 0.15) is 39.1 Å². The summed E-state index contributed by atoms with van der Waals surface area (Å²) in [4.78, 5) is 12.7. The molecule has 2 aromatic carbocycles. The molecule has 0 bridgehead atoms. The van der Waals surface area contributed by atoms with Gasteiger partial charge in [-0.3, -0.25) is 4.79 Å². The normalized spacial score (nSPS) is 17.4. The molecule has 7 nitrogen and oxygen atoms in total. The molecule has 1 aliphatic rings. The fraction of sp³-hybridized carbons (Fsp3) is 0.286. The van der Waals surface area contributed by atoms with Crippen LogP contribution in [0.2, 0.25) is 0 Å². The average Bonchev–Trinajstić information content (AvgIpc) is 3.26. The van der Waals surface area contributed by atoms with Crippen LogP contribution in [0.4, 0.5) is 10.1 Å². The summed E-state index contributed by atoms with van der Waals surface area (Å²) in [6.07, 6.45) is 1.47.